The second-order valence-electron chi connectivity index (χ2n) is 6.34. The first kappa shape index (κ1) is 15.9. The van der Waals surface area contributed by atoms with E-state index in [1.54, 1.807) is 18.2 Å². The van der Waals surface area contributed by atoms with Crippen LogP contribution in [0.4, 0.5) is 5.69 Å². The third-order valence-electron chi connectivity index (χ3n) is 4.82. The van der Waals surface area contributed by atoms with E-state index >= 15 is 0 Å². The Morgan fingerprint density at radius 2 is 2.36 bits per heavy atom. The number of nitrogens with zero attached hydrogens (tertiary/aromatic N) is 1. The molecule has 0 saturated carbocycles. The van der Waals surface area contributed by atoms with E-state index in [9.17, 15) is 14.4 Å². The Hall–Kier alpha value is -2.65. The first-order valence-corrected chi connectivity index (χ1v) is 8.00. The molecular formula is C16H17N3O6. The van der Waals surface area contributed by atoms with E-state index in [4.69, 9.17) is 14.6 Å². The molecule has 3 heterocycles. The fourth-order valence-electron chi connectivity index (χ4n) is 3.53. The fraction of sp³-hybridized carbons (Fsp3) is 0.438. The van der Waals surface area contributed by atoms with Crippen molar-refractivity contribution in [2.45, 2.75) is 37.1 Å². The molecule has 3 N–H and O–H groups in total. The van der Waals surface area contributed by atoms with Gasteiger partial charge in [0.1, 0.15) is 18.5 Å². The van der Waals surface area contributed by atoms with Crippen LogP contribution < -0.4 is 15.5 Å². The van der Waals surface area contributed by atoms with Crippen LogP contribution in [0.25, 0.3) is 0 Å². The number of carbonyl (C=O) groups excluding carboxylic acids is 2. The van der Waals surface area contributed by atoms with Gasteiger partial charge in [-0.2, -0.15) is 0 Å². The topological polar surface area (TPSA) is 127 Å². The number of fused-ring (bicyclic) bond motifs is 1. The monoisotopic (exact) mass is 347 g/mol. The SMILES string of the molecule is O=CNc1ccc2c(c1)C(=O)N1N[C@@]13CC[C@@H](CC(=O)O)O[C@H]3CO2. The summed E-state index contributed by atoms with van der Waals surface area (Å²) in [6.45, 7) is 0.195. The minimum atomic E-state index is -0.912. The van der Waals surface area contributed by atoms with Gasteiger partial charge in [0.05, 0.1) is 18.1 Å². The number of carboxylic acids is 1. The molecular weight excluding hydrogens is 330 g/mol. The molecule has 2 saturated heterocycles. The van der Waals surface area contributed by atoms with Crippen molar-refractivity contribution in [3.63, 3.8) is 0 Å². The van der Waals surface area contributed by atoms with Crippen LogP contribution in [0.1, 0.15) is 29.6 Å². The minimum Gasteiger partial charge on any atom is -0.490 e. The lowest BCUT2D eigenvalue weighted by molar-refractivity contribution is -0.147. The normalized spacial score (nSPS) is 29.9. The van der Waals surface area contributed by atoms with E-state index in [-0.39, 0.29) is 18.9 Å². The van der Waals surface area contributed by atoms with Gasteiger partial charge in [-0.05, 0) is 31.0 Å². The number of hydrogen-bond donors (Lipinski definition) is 3. The van der Waals surface area contributed by atoms with Crippen LogP contribution >= 0.6 is 0 Å². The number of carboxylic acid groups (broad SMARTS) is 1. The number of benzene rings is 1. The van der Waals surface area contributed by atoms with Gasteiger partial charge in [-0.1, -0.05) is 0 Å². The van der Waals surface area contributed by atoms with Crippen LogP contribution in [0.2, 0.25) is 0 Å². The van der Waals surface area contributed by atoms with Gasteiger partial charge >= 0.3 is 5.97 Å². The molecule has 9 heteroatoms. The summed E-state index contributed by atoms with van der Waals surface area (Å²) in [7, 11) is 0. The van der Waals surface area contributed by atoms with Gasteiger partial charge in [0.25, 0.3) is 5.91 Å². The number of anilines is 1. The van der Waals surface area contributed by atoms with Crippen molar-refractivity contribution in [2.75, 3.05) is 11.9 Å². The van der Waals surface area contributed by atoms with Gasteiger partial charge in [0, 0.05) is 5.69 Å². The summed E-state index contributed by atoms with van der Waals surface area (Å²) >= 11 is 0. The van der Waals surface area contributed by atoms with Gasteiger partial charge in [0.15, 0.2) is 5.66 Å². The highest BCUT2D eigenvalue weighted by Crippen LogP contribution is 2.44. The maximum Gasteiger partial charge on any atom is 0.305 e. The highest BCUT2D eigenvalue weighted by molar-refractivity contribution is 6.00. The molecule has 3 atom stereocenters. The molecule has 0 unspecified atom stereocenters. The van der Waals surface area contributed by atoms with Crippen molar-refractivity contribution in [2.24, 2.45) is 0 Å². The van der Waals surface area contributed by atoms with Crippen molar-refractivity contribution in [3.05, 3.63) is 23.8 Å². The Bertz CT molecular complexity index is 753. The molecule has 2 amide bonds. The van der Waals surface area contributed by atoms with Crippen LogP contribution in [0.15, 0.2) is 18.2 Å². The molecule has 4 rings (SSSR count). The molecule has 0 aromatic heterocycles. The van der Waals surface area contributed by atoms with Crippen LogP contribution in [-0.2, 0) is 14.3 Å². The number of ether oxygens (including phenoxy) is 2. The minimum absolute atomic E-state index is 0.0716. The Balaban J connectivity index is 1.60. The van der Waals surface area contributed by atoms with Gasteiger partial charge < -0.3 is 19.9 Å². The van der Waals surface area contributed by atoms with Crippen LogP contribution in [0, 0.1) is 0 Å². The van der Waals surface area contributed by atoms with E-state index in [1.165, 1.54) is 5.01 Å². The molecule has 0 bridgehead atoms. The molecule has 132 valence electrons. The molecule has 3 aliphatic heterocycles. The number of aliphatic carboxylic acids is 1. The molecule has 3 aliphatic rings. The van der Waals surface area contributed by atoms with Crippen molar-refractivity contribution >= 4 is 24.0 Å². The molecule has 1 aromatic carbocycles. The summed E-state index contributed by atoms with van der Waals surface area (Å²) in [4.78, 5) is 34.3. The third-order valence-corrected chi connectivity index (χ3v) is 4.82. The van der Waals surface area contributed by atoms with Crippen LogP contribution in [-0.4, -0.2) is 52.9 Å². The van der Waals surface area contributed by atoms with Crippen LogP contribution in [0.3, 0.4) is 0 Å². The van der Waals surface area contributed by atoms with E-state index in [2.05, 4.69) is 10.7 Å². The Morgan fingerprint density at radius 1 is 1.52 bits per heavy atom. The van der Waals surface area contributed by atoms with Gasteiger partial charge in [-0.3, -0.25) is 14.4 Å². The summed E-state index contributed by atoms with van der Waals surface area (Å²) in [6, 6.07) is 4.82. The van der Waals surface area contributed by atoms with Gasteiger partial charge in [0.2, 0.25) is 6.41 Å². The summed E-state index contributed by atoms with van der Waals surface area (Å²) in [6.07, 6.45) is 0.758. The predicted molar refractivity (Wildman–Crippen MR) is 83.8 cm³/mol. The molecule has 9 nitrogen and oxygen atoms in total. The van der Waals surface area contributed by atoms with E-state index < -0.39 is 23.8 Å². The summed E-state index contributed by atoms with van der Waals surface area (Å²) in [5.74, 6) is -0.785. The number of rotatable bonds is 4. The summed E-state index contributed by atoms with van der Waals surface area (Å²) in [5, 5.41) is 13.0. The summed E-state index contributed by atoms with van der Waals surface area (Å²) < 4.78 is 11.7. The lowest BCUT2D eigenvalue weighted by Gasteiger charge is -2.36. The van der Waals surface area contributed by atoms with Crippen molar-refractivity contribution in [1.29, 1.82) is 0 Å². The lowest BCUT2D eigenvalue weighted by Crippen LogP contribution is -2.50. The van der Waals surface area contributed by atoms with E-state index in [1.807, 2.05) is 0 Å². The smallest absolute Gasteiger partial charge is 0.305 e. The Morgan fingerprint density at radius 3 is 3.12 bits per heavy atom. The zero-order chi connectivity index (χ0) is 17.6. The quantitative estimate of drug-likeness (QED) is 0.529. The highest BCUT2D eigenvalue weighted by Gasteiger charge is 2.64. The Labute approximate surface area is 142 Å². The zero-order valence-corrected chi connectivity index (χ0v) is 13.2. The molecule has 2 fully saturated rings. The highest BCUT2D eigenvalue weighted by atomic mass is 16.5. The predicted octanol–water partition coefficient (Wildman–Crippen LogP) is 0.326. The zero-order valence-electron chi connectivity index (χ0n) is 13.2. The number of carbonyl (C=O) groups is 3. The Kier molecular flexibility index (Phi) is 3.62. The third kappa shape index (κ3) is 2.61. The van der Waals surface area contributed by atoms with Crippen molar-refractivity contribution in [3.8, 4) is 5.75 Å². The maximum absolute atomic E-state index is 12.8. The first-order valence-electron chi connectivity index (χ1n) is 8.00. The lowest BCUT2D eigenvalue weighted by atomic mass is 9.93. The second kappa shape index (κ2) is 5.71. The number of hydrogen-bond acceptors (Lipinski definition) is 6. The standard InChI is InChI=1S/C16H17N3O6/c20-8-17-9-1-2-12-11(5-9)15(23)19-16(18-19)4-3-10(6-14(21)22)25-13(16)7-24-12/h1-2,5,8,10,13,18H,3-4,6-7H2,(H,17,20)(H,21,22)/t10-,13-,16-,19?/m0/s1. The molecule has 25 heavy (non-hydrogen) atoms. The van der Waals surface area contributed by atoms with Crippen molar-refractivity contribution in [1.82, 2.24) is 10.4 Å². The molecule has 0 aliphatic carbocycles. The average molecular weight is 347 g/mol. The molecule has 1 aromatic rings. The first-order chi connectivity index (χ1) is 12.0. The maximum atomic E-state index is 12.8. The number of amides is 2. The van der Waals surface area contributed by atoms with E-state index in [0.29, 0.717) is 36.3 Å². The average Bonchev–Trinajstić information content (AvgIpc) is 3.29. The van der Waals surface area contributed by atoms with E-state index in [0.717, 1.165) is 0 Å². The fourth-order valence-corrected chi connectivity index (χ4v) is 3.53. The largest absolute Gasteiger partial charge is 0.490 e. The van der Waals surface area contributed by atoms with Gasteiger partial charge in [-0.15, -0.1) is 0 Å². The van der Waals surface area contributed by atoms with Gasteiger partial charge in [-0.25, -0.2) is 10.4 Å². The molecule has 0 radical (unpaired) electrons. The number of hydrazine groups is 1. The number of nitrogens with one attached hydrogen (secondary N) is 2. The molecule has 1 spiro atoms. The van der Waals surface area contributed by atoms with Crippen LogP contribution in [0.5, 0.6) is 5.75 Å². The second-order valence-corrected chi connectivity index (χ2v) is 6.34. The van der Waals surface area contributed by atoms with Crippen molar-refractivity contribution < 1.29 is 29.0 Å². The summed E-state index contributed by atoms with van der Waals surface area (Å²) in [5.41, 5.74) is 3.28.